The Balaban J connectivity index is 2.11. The molecule has 0 aromatic heterocycles. The van der Waals surface area contributed by atoms with Crippen molar-refractivity contribution in [2.24, 2.45) is 5.92 Å². The Morgan fingerprint density at radius 1 is 1.35 bits per heavy atom. The highest BCUT2D eigenvalue weighted by Crippen LogP contribution is 2.21. The lowest BCUT2D eigenvalue weighted by atomic mass is 9.93. The Labute approximate surface area is 116 Å². The van der Waals surface area contributed by atoms with Gasteiger partial charge in [-0.05, 0) is 37.5 Å². The third-order valence-electron chi connectivity index (χ3n) is 3.28. The van der Waals surface area contributed by atoms with E-state index >= 15 is 0 Å². The van der Waals surface area contributed by atoms with Gasteiger partial charge in [0.25, 0.3) is 0 Å². The first-order valence-electron chi connectivity index (χ1n) is 6.45. The average Bonchev–Trinajstić information content (AvgIpc) is 2.49. The van der Waals surface area contributed by atoms with Crippen LogP contribution < -0.4 is 5.32 Å². The Bertz CT molecular complexity index is 554. The molecular weight excluding hydrogens is 261 g/mol. The summed E-state index contributed by atoms with van der Waals surface area (Å²) in [5.74, 6) is -1.63. The Morgan fingerprint density at radius 2 is 2.15 bits per heavy atom. The molecular formula is C15H16FNO3. The maximum atomic E-state index is 13.5. The van der Waals surface area contributed by atoms with Gasteiger partial charge in [0.2, 0.25) is 5.91 Å². The molecule has 0 radical (unpaired) electrons. The summed E-state index contributed by atoms with van der Waals surface area (Å²) >= 11 is 0. The van der Waals surface area contributed by atoms with E-state index in [0.717, 1.165) is 18.9 Å². The largest absolute Gasteiger partial charge is 0.465 e. The molecule has 0 saturated heterocycles. The molecule has 0 spiro atoms. The van der Waals surface area contributed by atoms with Crippen LogP contribution in [0.25, 0.3) is 0 Å². The van der Waals surface area contributed by atoms with Crippen LogP contribution in [-0.2, 0) is 9.53 Å². The minimum atomic E-state index is -0.765. The monoisotopic (exact) mass is 277 g/mol. The molecule has 106 valence electrons. The summed E-state index contributed by atoms with van der Waals surface area (Å²) in [5, 5.41) is 2.71. The van der Waals surface area contributed by atoms with Crippen molar-refractivity contribution in [1.82, 2.24) is 0 Å². The molecule has 20 heavy (non-hydrogen) atoms. The number of methoxy groups -OCH3 is 1. The zero-order valence-electron chi connectivity index (χ0n) is 11.2. The van der Waals surface area contributed by atoms with E-state index in [2.05, 4.69) is 16.1 Å². The minimum absolute atomic E-state index is 0.0772. The zero-order chi connectivity index (χ0) is 14.5. The molecule has 0 saturated carbocycles. The summed E-state index contributed by atoms with van der Waals surface area (Å²) in [7, 11) is 1.18. The highest BCUT2D eigenvalue weighted by molar-refractivity contribution is 5.95. The number of halogens is 1. The van der Waals surface area contributed by atoms with Crippen LogP contribution in [0, 0.1) is 11.7 Å². The summed E-state index contributed by atoms with van der Waals surface area (Å²) in [6.45, 7) is 0. The first-order valence-corrected chi connectivity index (χ1v) is 6.45. The quantitative estimate of drug-likeness (QED) is 0.682. The van der Waals surface area contributed by atoms with Crippen molar-refractivity contribution in [2.45, 2.75) is 19.3 Å². The van der Waals surface area contributed by atoms with E-state index in [1.165, 1.54) is 19.2 Å². The molecule has 1 aliphatic carbocycles. The fourth-order valence-electron chi connectivity index (χ4n) is 2.15. The number of amides is 1. The van der Waals surface area contributed by atoms with Gasteiger partial charge in [0, 0.05) is 11.6 Å². The Morgan fingerprint density at radius 3 is 2.80 bits per heavy atom. The molecule has 1 aromatic carbocycles. The molecule has 1 aliphatic rings. The van der Waals surface area contributed by atoms with Gasteiger partial charge in [-0.25, -0.2) is 9.18 Å². The number of ether oxygens (including phenoxy) is 1. The number of nitrogens with one attached hydrogen (secondary N) is 1. The second kappa shape index (κ2) is 6.32. The SMILES string of the molecule is COC(=O)c1cc(NC(=O)C2CC=CCC2)ccc1F. The van der Waals surface area contributed by atoms with Crippen LogP contribution in [0.4, 0.5) is 10.1 Å². The van der Waals surface area contributed by atoms with Crippen LogP contribution in [0.3, 0.4) is 0 Å². The maximum Gasteiger partial charge on any atom is 0.340 e. The first kappa shape index (κ1) is 14.2. The standard InChI is InChI=1S/C15H16FNO3/c1-20-15(19)12-9-11(7-8-13(12)16)17-14(18)10-5-3-2-4-6-10/h2-3,7-10H,4-6H2,1H3,(H,17,18). The predicted octanol–water partition coefficient (Wildman–Crippen LogP) is 2.91. The highest BCUT2D eigenvalue weighted by Gasteiger charge is 2.20. The van der Waals surface area contributed by atoms with Crippen LogP contribution in [0.15, 0.2) is 30.4 Å². The molecule has 0 heterocycles. The predicted molar refractivity (Wildman–Crippen MR) is 72.9 cm³/mol. The van der Waals surface area contributed by atoms with Gasteiger partial charge < -0.3 is 10.1 Å². The van der Waals surface area contributed by atoms with Crippen LogP contribution in [-0.4, -0.2) is 19.0 Å². The fourth-order valence-corrected chi connectivity index (χ4v) is 2.15. The normalized spacial score (nSPS) is 17.6. The Kier molecular flexibility index (Phi) is 4.50. The summed E-state index contributed by atoms with van der Waals surface area (Å²) in [5.41, 5.74) is 0.209. The van der Waals surface area contributed by atoms with Gasteiger partial charge in [0.05, 0.1) is 12.7 Å². The number of hydrogen-bond donors (Lipinski definition) is 1. The van der Waals surface area contributed by atoms with Crippen molar-refractivity contribution < 1.29 is 18.7 Å². The van der Waals surface area contributed by atoms with Gasteiger partial charge in [0.1, 0.15) is 5.82 Å². The van der Waals surface area contributed by atoms with Crippen molar-refractivity contribution in [3.05, 3.63) is 41.7 Å². The van der Waals surface area contributed by atoms with Crippen molar-refractivity contribution in [3.8, 4) is 0 Å². The van der Waals surface area contributed by atoms with Crippen molar-refractivity contribution >= 4 is 17.6 Å². The molecule has 1 N–H and O–H groups in total. The first-order chi connectivity index (χ1) is 9.61. The fraction of sp³-hybridized carbons (Fsp3) is 0.333. The highest BCUT2D eigenvalue weighted by atomic mass is 19.1. The number of allylic oxidation sites excluding steroid dienone is 2. The third kappa shape index (κ3) is 3.23. The molecule has 2 rings (SSSR count). The second-order valence-corrected chi connectivity index (χ2v) is 4.66. The number of anilines is 1. The van der Waals surface area contributed by atoms with Crippen LogP contribution >= 0.6 is 0 Å². The van der Waals surface area contributed by atoms with Gasteiger partial charge in [-0.1, -0.05) is 12.2 Å². The van der Waals surface area contributed by atoms with Crippen molar-refractivity contribution in [2.75, 3.05) is 12.4 Å². The molecule has 1 aromatic rings. The van der Waals surface area contributed by atoms with Gasteiger partial charge in [0.15, 0.2) is 0 Å². The van der Waals surface area contributed by atoms with E-state index in [-0.39, 0.29) is 17.4 Å². The molecule has 0 aliphatic heterocycles. The number of hydrogen-bond acceptors (Lipinski definition) is 3. The lowest BCUT2D eigenvalue weighted by Crippen LogP contribution is -2.23. The topological polar surface area (TPSA) is 55.4 Å². The minimum Gasteiger partial charge on any atom is -0.465 e. The molecule has 4 nitrogen and oxygen atoms in total. The van der Waals surface area contributed by atoms with E-state index in [0.29, 0.717) is 12.1 Å². The molecule has 1 unspecified atom stereocenters. The van der Waals surface area contributed by atoms with Gasteiger partial charge in [-0.2, -0.15) is 0 Å². The van der Waals surface area contributed by atoms with Crippen LogP contribution in [0.5, 0.6) is 0 Å². The number of benzene rings is 1. The van der Waals surface area contributed by atoms with Crippen LogP contribution in [0.1, 0.15) is 29.6 Å². The number of carbonyl (C=O) groups excluding carboxylic acids is 2. The molecule has 5 heteroatoms. The number of esters is 1. The van der Waals surface area contributed by atoms with Crippen molar-refractivity contribution in [3.63, 3.8) is 0 Å². The molecule has 1 amide bonds. The van der Waals surface area contributed by atoms with Crippen molar-refractivity contribution in [1.29, 1.82) is 0 Å². The van der Waals surface area contributed by atoms with Gasteiger partial charge in [-0.15, -0.1) is 0 Å². The summed E-state index contributed by atoms with van der Waals surface area (Å²) in [4.78, 5) is 23.4. The summed E-state index contributed by atoms with van der Waals surface area (Å²) in [6, 6.07) is 3.86. The maximum absolute atomic E-state index is 13.5. The number of carbonyl (C=O) groups is 2. The smallest absolute Gasteiger partial charge is 0.340 e. The molecule has 0 fully saturated rings. The van der Waals surface area contributed by atoms with E-state index in [1.54, 1.807) is 0 Å². The van der Waals surface area contributed by atoms with Crippen LogP contribution in [0.2, 0.25) is 0 Å². The summed E-state index contributed by atoms with van der Waals surface area (Å²) < 4.78 is 18.0. The second-order valence-electron chi connectivity index (χ2n) is 4.66. The van der Waals surface area contributed by atoms with Gasteiger partial charge in [-0.3, -0.25) is 4.79 Å². The van der Waals surface area contributed by atoms with E-state index in [4.69, 9.17) is 0 Å². The molecule has 1 atom stereocenters. The van der Waals surface area contributed by atoms with E-state index < -0.39 is 11.8 Å². The zero-order valence-corrected chi connectivity index (χ0v) is 11.2. The Hall–Kier alpha value is -2.17. The molecule has 0 bridgehead atoms. The van der Waals surface area contributed by atoms with E-state index in [1.807, 2.05) is 6.08 Å². The van der Waals surface area contributed by atoms with E-state index in [9.17, 15) is 14.0 Å². The lowest BCUT2D eigenvalue weighted by Gasteiger charge is -2.17. The van der Waals surface area contributed by atoms with Gasteiger partial charge >= 0.3 is 5.97 Å². The summed E-state index contributed by atoms with van der Waals surface area (Å²) in [6.07, 6.45) is 6.43. The average molecular weight is 277 g/mol. The lowest BCUT2D eigenvalue weighted by molar-refractivity contribution is -0.120. The third-order valence-corrected chi connectivity index (χ3v) is 3.28. The number of rotatable bonds is 3.